The molecule has 0 aliphatic carbocycles. The molecule has 1 aliphatic heterocycles. The quantitative estimate of drug-likeness (QED) is 0.681. The lowest BCUT2D eigenvalue weighted by Crippen LogP contribution is -2.50. The summed E-state index contributed by atoms with van der Waals surface area (Å²) in [5.74, 6) is 6.50. The number of aromatic nitrogens is 1. The van der Waals surface area contributed by atoms with Crippen LogP contribution in [0.3, 0.4) is 0 Å². The number of benzene rings is 1. The first kappa shape index (κ1) is 25.1. The van der Waals surface area contributed by atoms with Gasteiger partial charge in [-0.1, -0.05) is 30.9 Å². The summed E-state index contributed by atoms with van der Waals surface area (Å²) >= 11 is 0. The summed E-state index contributed by atoms with van der Waals surface area (Å²) in [6.45, 7) is 5.79. The molecule has 1 aromatic carbocycles. The van der Waals surface area contributed by atoms with Gasteiger partial charge < -0.3 is 24.4 Å². The van der Waals surface area contributed by atoms with Gasteiger partial charge in [-0.2, -0.15) is 0 Å². The average Bonchev–Trinajstić information content (AvgIpc) is 2.84. The van der Waals surface area contributed by atoms with Crippen LogP contribution >= 0.6 is 0 Å². The van der Waals surface area contributed by atoms with Crippen molar-refractivity contribution < 1.29 is 24.2 Å². The Kier molecular flexibility index (Phi) is 8.13. The normalized spacial score (nSPS) is 18.4. The van der Waals surface area contributed by atoms with E-state index in [0.29, 0.717) is 24.4 Å². The van der Waals surface area contributed by atoms with Gasteiger partial charge in [0.15, 0.2) is 0 Å². The Bertz CT molecular complexity index is 1110. The molecule has 8 nitrogen and oxygen atoms in total. The predicted octanol–water partition coefficient (Wildman–Crippen LogP) is 2.19. The number of nitrogens with zero attached hydrogens (tertiary/aromatic N) is 3. The molecule has 2 amide bonds. The van der Waals surface area contributed by atoms with E-state index in [1.54, 1.807) is 43.1 Å². The van der Waals surface area contributed by atoms with Gasteiger partial charge in [-0.25, -0.2) is 4.98 Å². The monoisotopic (exact) mass is 465 g/mol. The number of carbonyl (C=O) groups excluding carboxylic acids is 2. The van der Waals surface area contributed by atoms with Crippen LogP contribution in [-0.2, 0) is 4.79 Å². The summed E-state index contributed by atoms with van der Waals surface area (Å²) in [5, 5.41) is 9.77. The fraction of sp³-hybridized carbons (Fsp3) is 0.423. The molecule has 1 aliphatic rings. The standard InChI is InChI=1S/C26H31N3O5/c1-17-14-29(18(2)16-30)26(32)22-12-20(10-11-21-8-6-7-9-23(21)33-5)13-27-25(22)34-24(17)15-28(4)19(3)31/h6-9,12-13,17-18,24,30H,14-16H2,1-5H3/t17-,18+,24+/m1/s1. The van der Waals surface area contributed by atoms with Gasteiger partial charge in [0.05, 0.1) is 31.9 Å². The molecule has 0 bridgehead atoms. The molecule has 1 aromatic heterocycles. The first-order valence-electron chi connectivity index (χ1n) is 11.2. The maximum Gasteiger partial charge on any atom is 0.259 e. The van der Waals surface area contributed by atoms with E-state index in [2.05, 4.69) is 16.8 Å². The number of ether oxygens (including phenoxy) is 2. The van der Waals surface area contributed by atoms with E-state index < -0.39 is 6.04 Å². The first-order chi connectivity index (χ1) is 16.2. The molecular formula is C26H31N3O5. The highest BCUT2D eigenvalue weighted by Gasteiger charge is 2.34. The van der Waals surface area contributed by atoms with Gasteiger partial charge in [0, 0.05) is 38.2 Å². The van der Waals surface area contributed by atoms with E-state index in [4.69, 9.17) is 9.47 Å². The number of hydrogen-bond donors (Lipinski definition) is 1. The second-order valence-corrected chi connectivity index (χ2v) is 8.55. The van der Waals surface area contributed by atoms with Crippen molar-refractivity contribution in [3.63, 3.8) is 0 Å². The minimum Gasteiger partial charge on any atom is -0.495 e. The molecule has 8 heteroatoms. The molecule has 0 saturated heterocycles. The van der Waals surface area contributed by atoms with Crippen molar-refractivity contribution in [2.45, 2.75) is 32.9 Å². The number of aliphatic hydroxyl groups is 1. The van der Waals surface area contributed by atoms with Crippen molar-refractivity contribution in [2.24, 2.45) is 5.92 Å². The number of hydrogen-bond acceptors (Lipinski definition) is 6. The molecular weight excluding hydrogens is 434 g/mol. The molecule has 1 N–H and O–H groups in total. The summed E-state index contributed by atoms with van der Waals surface area (Å²) in [7, 11) is 3.29. The number of fused-ring (bicyclic) bond motifs is 1. The smallest absolute Gasteiger partial charge is 0.259 e. The van der Waals surface area contributed by atoms with E-state index in [0.717, 1.165) is 5.56 Å². The maximum atomic E-state index is 13.5. The van der Waals surface area contributed by atoms with Crippen molar-refractivity contribution in [2.75, 3.05) is 33.9 Å². The molecule has 3 atom stereocenters. The number of likely N-dealkylation sites (N-methyl/N-ethyl adjacent to an activating group) is 1. The Hall–Kier alpha value is -3.57. The Labute approximate surface area is 200 Å². The van der Waals surface area contributed by atoms with Gasteiger partial charge in [0.2, 0.25) is 11.8 Å². The summed E-state index contributed by atoms with van der Waals surface area (Å²) in [6.07, 6.45) is 1.18. The molecule has 0 fully saturated rings. The van der Waals surface area contributed by atoms with Gasteiger partial charge in [-0.3, -0.25) is 9.59 Å². The minimum atomic E-state index is -0.393. The second kappa shape index (κ2) is 11.0. The zero-order valence-electron chi connectivity index (χ0n) is 20.2. The molecule has 180 valence electrons. The van der Waals surface area contributed by atoms with E-state index in [-0.39, 0.29) is 41.9 Å². The topological polar surface area (TPSA) is 92.2 Å². The Morgan fingerprint density at radius 3 is 2.79 bits per heavy atom. The lowest BCUT2D eigenvalue weighted by molar-refractivity contribution is -0.129. The molecule has 0 radical (unpaired) electrons. The average molecular weight is 466 g/mol. The summed E-state index contributed by atoms with van der Waals surface area (Å²) < 4.78 is 11.5. The SMILES string of the molecule is COc1ccccc1C#Cc1cnc2c(c1)C(=O)N([C@@H](C)CO)C[C@@H](C)[C@H](CN(C)C(C)=O)O2. The fourth-order valence-corrected chi connectivity index (χ4v) is 3.67. The van der Waals surface area contributed by atoms with Crippen LogP contribution in [0.1, 0.15) is 42.3 Å². The van der Waals surface area contributed by atoms with Crippen molar-refractivity contribution in [1.82, 2.24) is 14.8 Å². The molecule has 0 unspecified atom stereocenters. The van der Waals surface area contributed by atoms with E-state index >= 15 is 0 Å². The third kappa shape index (κ3) is 5.67. The number of para-hydroxylation sites is 1. The highest BCUT2D eigenvalue weighted by Crippen LogP contribution is 2.27. The lowest BCUT2D eigenvalue weighted by Gasteiger charge is -2.37. The highest BCUT2D eigenvalue weighted by molar-refractivity contribution is 5.97. The fourth-order valence-electron chi connectivity index (χ4n) is 3.67. The minimum absolute atomic E-state index is 0.0790. The third-order valence-electron chi connectivity index (χ3n) is 5.96. The van der Waals surface area contributed by atoms with Crippen molar-refractivity contribution in [3.8, 4) is 23.5 Å². The van der Waals surface area contributed by atoms with Crippen molar-refractivity contribution in [3.05, 3.63) is 53.2 Å². The number of methoxy groups -OCH3 is 1. The number of amides is 2. The van der Waals surface area contributed by atoms with Crippen LogP contribution in [0.5, 0.6) is 11.6 Å². The van der Waals surface area contributed by atoms with Crippen LogP contribution in [0.4, 0.5) is 0 Å². The van der Waals surface area contributed by atoms with E-state index in [9.17, 15) is 14.7 Å². The third-order valence-corrected chi connectivity index (χ3v) is 5.96. The van der Waals surface area contributed by atoms with Gasteiger partial charge in [0.1, 0.15) is 17.4 Å². The van der Waals surface area contributed by atoms with Crippen LogP contribution in [0.15, 0.2) is 36.5 Å². The highest BCUT2D eigenvalue weighted by atomic mass is 16.5. The predicted molar refractivity (Wildman–Crippen MR) is 128 cm³/mol. The first-order valence-corrected chi connectivity index (χ1v) is 11.2. The molecule has 0 spiro atoms. The number of pyridine rings is 1. The van der Waals surface area contributed by atoms with E-state index in [1.807, 2.05) is 31.2 Å². The number of rotatable bonds is 5. The molecule has 2 aromatic rings. The number of aliphatic hydroxyl groups excluding tert-OH is 1. The van der Waals surface area contributed by atoms with Crippen LogP contribution in [0, 0.1) is 17.8 Å². The summed E-state index contributed by atoms with van der Waals surface area (Å²) in [6, 6.07) is 8.68. The Balaban J connectivity index is 2.02. The molecule has 0 saturated carbocycles. The molecule has 34 heavy (non-hydrogen) atoms. The van der Waals surface area contributed by atoms with Gasteiger partial charge in [-0.15, -0.1) is 0 Å². The molecule has 3 rings (SSSR count). The zero-order chi connectivity index (χ0) is 24.8. The van der Waals surface area contributed by atoms with Crippen LogP contribution in [0.25, 0.3) is 0 Å². The van der Waals surface area contributed by atoms with Gasteiger partial charge in [0.25, 0.3) is 5.91 Å². The zero-order valence-corrected chi connectivity index (χ0v) is 20.2. The van der Waals surface area contributed by atoms with Gasteiger partial charge in [-0.05, 0) is 25.1 Å². The second-order valence-electron chi connectivity index (χ2n) is 8.55. The van der Waals surface area contributed by atoms with Crippen LogP contribution < -0.4 is 9.47 Å². The van der Waals surface area contributed by atoms with Crippen molar-refractivity contribution >= 4 is 11.8 Å². The largest absolute Gasteiger partial charge is 0.495 e. The summed E-state index contributed by atoms with van der Waals surface area (Å²) in [5.41, 5.74) is 1.54. The van der Waals surface area contributed by atoms with Crippen molar-refractivity contribution in [1.29, 1.82) is 0 Å². The van der Waals surface area contributed by atoms with Crippen LogP contribution in [0.2, 0.25) is 0 Å². The molecule has 2 heterocycles. The lowest BCUT2D eigenvalue weighted by atomic mass is 10.00. The number of carbonyl (C=O) groups is 2. The maximum absolute atomic E-state index is 13.5. The van der Waals surface area contributed by atoms with Crippen LogP contribution in [-0.4, -0.2) is 77.7 Å². The van der Waals surface area contributed by atoms with E-state index in [1.165, 1.54) is 6.92 Å². The summed E-state index contributed by atoms with van der Waals surface area (Å²) in [4.78, 5) is 32.9. The van der Waals surface area contributed by atoms with Gasteiger partial charge >= 0.3 is 0 Å². The Morgan fingerprint density at radius 1 is 1.38 bits per heavy atom. The Morgan fingerprint density at radius 2 is 2.12 bits per heavy atom.